The van der Waals surface area contributed by atoms with Crippen LogP contribution in [0.15, 0.2) is 72.8 Å². The lowest BCUT2D eigenvalue weighted by Crippen LogP contribution is -2.63. The lowest BCUT2D eigenvalue weighted by molar-refractivity contribution is -0.161. The molecule has 36 heavy (non-hydrogen) atoms. The van der Waals surface area contributed by atoms with Crippen LogP contribution < -0.4 is 5.32 Å². The second kappa shape index (κ2) is 9.85. The van der Waals surface area contributed by atoms with Crippen molar-refractivity contribution in [1.29, 1.82) is 0 Å². The molecule has 5 rings (SSSR count). The monoisotopic (exact) mass is 483 g/mol. The highest BCUT2D eigenvalue weighted by Crippen LogP contribution is 2.32. The third kappa shape index (κ3) is 4.69. The number of hydrogen-bond acceptors (Lipinski definition) is 4. The van der Waals surface area contributed by atoms with E-state index in [1.54, 1.807) is 29.2 Å². The van der Waals surface area contributed by atoms with Crippen LogP contribution in [0.1, 0.15) is 33.9 Å². The van der Waals surface area contributed by atoms with Gasteiger partial charge in [-0.05, 0) is 47.7 Å². The molecule has 7 nitrogen and oxygen atoms in total. The molecule has 1 fully saturated rings. The quantitative estimate of drug-likeness (QED) is 0.564. The molecule has 7 heteroatoms. The number of piperazine rings is 1. The van der Waals surface area contributed by atoms with Gasteiger partial charge in [0.2, 0.25) is 17.7 Å². The molecular formula is C29H29N3O4. The van der Waals surface area contributed by atoms with Crippen molar-refractivity contribution in [2.45, 2.75) is 38.4 Å². The Bertz CT molecular complexity index is 1290. The van der Waals surface area contributed by atoms with Crippen LogP contribution >= 0.6 is 0 Å². The van der Waals surface area contributed by atoms with Gasteiger partial charge in [0.25, 0.3) is 0 Å². The molecule has 0 radical (unpaired) electrons. The van der Waals surface area contributed by atoms with Gasteiger partial charge in [0.05, 0.1) is 0 Å². The Morgan fingerprint density at radius 1 is 0.972 bits per heavy atom. The minimum Gasteiger partial charge on any atom is -0.508 e. The molecule has 3 aromatic carbocycles. The van der Waals surface area contributed by atoms with Crippen molar-refractivity contribution in [3.8, 4) is 5.75 Å². The zero-order valence-electron chi connectivity index (χ0n) is 20.2. The van der Waals surface area contributed by atoms with Gasteiger partial charge in [-0.15, -0.1) is 0 Å². The molecule has 2 aliphatic rings. The first kappa shape index (κ1) is 23.6. The molecule has 3 aromatic rings. The number of aryl methyl sites for hydroxylation is 1. The van der Waals surface area contributed by atoms with E-state index in [-0.39, 0.29) is 30.0 Å². The molecule has 0 saturated carbocycles. The number of carbonyl (C=O) groups is 3. The maximum absolute atomic E-state index is 13.8. The summed E-state index contributed by atoms with van der Waals surface area (Å²) in [6.07, 6.45) is 1.02. The zero-order valence-corrected chi connectivity index (χ0v) is 20.2. The third-order valence-electron chi connectivity index (χ3n) is 7.05. The lowest BCUT2D eigenvalue weighted by Gasteiger charge is -2.45. The highest BCUT2D eigenvalue weighted by molar-refractivity contribution is 5.99. The Hall–Kier alpha value is -4.13. The minimum absolute atomic E-state index is 0.137. The van der Waals surface area contributed by atoms with E-state index in [9.17, 15) is 19.5 Å². The van der Waals surface area contributed by atoms with E-state index in [1.165, 1.54) is 4.90 Å². The second-order valence-electron chi connectivity index (χ2n) is 9.50. The van der Waals surface area contributed by atoms with Gasteiger partial charge >= 0.3 is 0 Å². The molecule has 1 unspecified atom stereocenters. The summed E-state index contributed by atoms with van der Waals surface area (Å²) in [7, 11) is 0. The smallest absolute Gasteiger partial charge is 0.247 e. The molecule has 0 bridgehead atoms. The van der Waals surface area contributed by atoms with Crippen molar-refractivity contribution >= 4 is 17.7 Å². The number of nitrogens with one attached hydrogen (secondary N) is 1. The Morgan fingerprint density at radius 3 is 2.39 bits per heavy atom. The van der Waals surface area contributed by atoms with Gasteiger partial charge in [-0.25, -0.2) is 0 Å². The first-order chi connectivity index (χ1) is 17.4. The van der Waals surface area contributed by atoms with Crippen LogP contribution in [0.4, 0.5) is 0 Å². The van der Waals surface area contributed by atoms with E-state index in [1.807, 2.05) is 55.5 Å². The van der Waals surface area contributed by atoms with Crippen LogP contribution in [0.2, 0.25) is 0 Å². The Labute approximate surface area is 210 Å². The summed E-state index contributed by atoms with van der Waals surface area (Å²) in [4.78, 5) is 43.6. The number of carbonyl (C=O) groups excluding carboxylic acids is 3. The Kier molecular flexibility index (Phi) is 6.46. The number of phenolic OH excluding ortho intramolecular Hbond substituents is 1. The van der Waals surface area contributed by atoms with Crippen molar-refractivity contribution < 1.29 is 19.5 Å². The van der Waals surface area contributed by atoms with Gasteiger partial charge in [0.15, 0.2) is 0 Å². The van der Waals surface area contributed by atoms with Crippen molar-refractivity contribution in [2.75, 3.05) is 13.1 Å². The van der Waals surface area contributed by atoms with Gasteiger partial charge in [0, 0.05) is 19.5 Å². The molecule has 0 spiro atoms. The van der Waals surface area contributed by atoms with Gasteiger partial charge < -0.3 is 20.2 Å². The predicted octanol–water partition coefficient (Wildman–Crippen LogP) is 2.90. The van der Waals surface area contributed by atoms with Crippen molar-refractivity contribution in [3.05, 3.63) is 101 Å². The van der Waals surface area contributed by atoms with E-state index in [0.717, 1.165) is 22.3 Å². The first-order valence-electron chi connectivity index (χ1n) is 12.2. The van der Waals surface area contributed by atoms with Gasteiger partial charge in [-0.3, -0.25) is 14.4 Å². The topological polar surface area (TPSA) is 89.9 Å². The summed E-state index contributed by atoms with van der Waals surface area (Å²) in [6, 6.07) is 20.7. The number of fused-ring (bicyclic) bond motifs is 2. The number of amides is 3. The molecule has 2 heterocycles. The van der Waals surface area contributed by atoms with Crippen LogP contribution in [0, 0.1) is 6.92 Å². The highest BCUT2D eigenvalue weighted by Gasteiger charge is 2.46. The zero-order chi connectivity index (χ0) is 25.2. The summed E-state index contributed by atoms with van der Waals surface area (Å²) in [6.45, 7) is 2.60. The molecule has 0 aliphatic carbocycles. The molecule has 2 aliphatic heterocycles. The SMILES string of the molecule is Cc1ccc(C(C(=O)NCCc2ccc(O)cc2)N2CC(=O)N3Cc4ccccc4C[C@H]3C2=O)cc1. The molecule has 184 valence electrons. The van der Waals surface area contributed by atoms with E-state index >= 15 is 0 Å². The molecule has 0 aromatic heterocycles. The maximum atomic E-state index is 13.8. The summed E-state index contributed by atoms with van der Waals surface area (Å²) < 4.78 is 0. The van der Waals surface area contributed by atoms with Crippen molar-refractivity contribution in [1.82, 2.24) is 15.1 Å². The number of rotatable bonds is 6. The summed E-state index contributed by atoms with van der Waals surface area (Å²) in [5.74, 6) is -0.482. The predicted molar refractivity (Wildman–Crippen MR) is 135 cm³/mol. The van der Waals surface area contributed by atoms with Gasteiger partial charge in [0.1, 0.15) is 24.4 Å². The lowest BCUT2D eigenvalue weighted by atomic mass is 9.90. The second-order valence-corrected chi connectivity index (χ2v) is 9.50. The van der Waals surface area contributed by atoms with Crippen molar-refractivity contribution in [2.24, 2.45) is 0 Å². The average molecular weight is 484 g/mol. The summed E-state index contributed by atoms with van der Waals surface area (Å²) in [5.41, 5.74) is 4.81. The fourth-order valence-electron chi connectivity index (χ4n) is 5.04. The normalized spacial score (nSPS) is 17.9. The van der Waals surface area contributed by atoms with E-state index in [0.29, 0.717) is 31.5 Å². The summed E-state index contributed by atoms with van der Waals surface area (Å²) >= 11 is 0. The highest BCUT2D eigenvalue weighted by atomic mass is 16.3. The number of hydrogen-bond donors (Lipinski definition) is 2. The Balaban J connectivity index is 1.38. The minimum atomic E-state index is -0.902. The fraction of sp³-hybridized carbons (Fsp3) is 0.276. The number of benzene rings is 3. The Morgan fingerprint density at radius 2 is 1.67 bits per heavy atom. The maximum Gasteiger partial charge on any atom is 0.247 e. The van der Waals surface area contributed by atoms with Crippen LogP contribution in [-0.2, 0) is 33.8 Å². The van der Waals surface area contributed by atoms with Crippen LogP contribution in [0.5, 0.6) is 5.75 Å². The van der Waals surface area contributed by atoms with Crippen LogP contribution in [0.3, 0.4) is 0 Å². The van der Waals surface area contributed by atoms with Crippen molar-refractivity contribution in [3.63, 3.8) is 0 Å². The molecule has 3 amide bonds. The number of aromatic hydroxyl groups is 1. The number of nitrogens with zero attached hydrogens (tertiary/aromatic N) is 2. The average Bonchev–Trinajstić information content (AvgIpc) is 2.88. The summed E-state index contributed by atoms with van der Waals surface area (Å²) in [5, 5.41) is 12.4. The van der Waals surface area contributed by atoms with E-state index < -0.39 is 12.1 Å². The van der Waals surface area contributed by atoms with Gasteiger partial charge in [-0.2, -0.15) is 0 Å². The largest absolute Gasteiger partial charge is 0.508 e. The molecule has 2 N–H and O–H groups in total. The van der Waals surface area contributed by atoms with Crippen LogP contribution in [0.25, 0.3) is 0 Å². The molecular weight excluding hydrogens is 454 g/mol. The molecule has 2 atom stereocenters. The standard InChI is InChI=1S/C29H29N3O4/c1-19-6-10-21(11-7-19)27(28(35)30-15-14-20-8-12-24(33)13-9-20)32-18-26(34)31-17-23-5-3-2-4-22(23)16-25(31)29(32)36/h2-13,25,27,33H,14-18H2,1H3,(H,30,35)/t25-,27?/m0/s1. The third-order valence-corrected chi connectivity index (χ3v) is 7.05. The molecule has 1 saturated heterocycles. The van der Waals surface area contributed by atoms with E-state index in [2.05, 4.69) is 5.32 Å². The van der Waals surface area contributed by atoms with Crippen LogP contribution in [-0.4, -0.2) is 51.8 Å². The first-order valence-corrected chi connectivity index (χ1v) is 12.2. The number of phenols is 1. The fourth-order valence-corrected chi connectivity index (χ4v) is 5.04. The van der Waals surface area contributed by atoms with Gasteiger partial charge in [-0.1, -0.05) is 66.2 Å². The van der Waals surface area contributed by atoms with E-state index in [4.69, 9.17) is 0 Å².